The van der Waals surface area contributed by atoms with Crippen LogP contribution in [0.25, 0.3) is 11.3 Å². The van der Waals surface area contributed by atoms with Crippen molar-refractivity contribution in [2.45, 2.75) is 25.3 Å². The molecule has 0 amide bonds. The molecule has 1 aromatic carbocycles. The zero-order chi connectivity index (χ0) is 11.8. The lowest BCUT2D eigenvalue weighted by Gasteiger charge is -2.19. The lowest BCUT2D eigenvalue weighted by Crippen LogP contribution is -2.17. The number of benzene rings is 1. The van der Waals surface area contributed by atoms with Gasteiger partial charge in [-0.2, -0.15) is 5.10 Å². The van der Waals surface area contributed by atoms with Crippen LogP contribution in [-0.2, 0) is 6.42 Å². The van der Waals surface area contributed by atoms with Crippen LogP contribution in [0.2, 0.25) is 0 Å². The minimum atomic E-state index is 0.0205. The molecule has 1 unspecified atom stereocenters. The molecular formula is C13H15N3O. The van der Waals surface area contributed by atoms with Gasteiger partial charge in [-0.05, 0) is 31.4 Å². The summed E-state index contributed by atoms with van der Waals surface area (Å²) in [5.41, 5.74) is 9.87. The zero-order valence-corrected chi connectivity index (χ0v) is 9.48. The summed E-state index contributed by atoms with van der Waals surface area (Å²) in [6.45, 7) is 0. The van der Waals surface area contributed by atoms with Crippen molar-refractivity contribution in [2.24, 2.45) is 5.73 Å². The molecule has 4 N–H and O–H groups in total. The predicted molar refractivity (Wildman–Crippen MR) is 65.6 cm³/mol. The maximum absolute atomic E-state index is 9.88. The van der Waals surface area contributed by atoms with Crippen molar-refractivity contribution in [3.05, 3.63) is 35.5 Å². The number of aryl methyl sites for hydroxylation is 1. The number of phenols is 1. The summed E-state index contributed by atoms with van der Waals surface area (Å²) >= 11 is 0. The van der Waals surface area contributed by atoms with Crippen LogP contribution >= 0.6 is 0 Å². The van der Waals surface area contributed by atoms with E-state index in [4.69, 9.17) is 5.73 Å². The number of rotatable bonds is 1. The number of aromatic nitrogens is 2. The van der Waals surface area contributed by atoms with Gasteiger partial charge in [0.2, 0.25) is 0 Å². The van der Waals surface area contributed by atoms with Crippen LogP contribution in [0.3, 0.4) is 0 Å². The summed E-state index contributed by atoms with van der Waals surface area (Å²) in [5.74, 6) is 0.250. The zero-order valence-electron chi connectivity index (χ0n) is 9.48. The maximum Gasteiger partial charge on any atom is 0.125 e. The molecule has 4 heteroatoms. The molecule has 0 saturated carbocycles. The van der Waals surface area contributed by atoms with Gasteiger partial charge in [-0.1, -0.05) is 12.1 Å². The second-order valence-electron chi connectivity index (χ2n) is 4.48. The fourth-order valence-corrected chi connectivity index (χ4v) is 2.50. The molecule has 1 atom stereocenters. The van der Waals surface area contributed by atoms with Crippen LogP contribution in [0.15, 0.2) is 24.3 Å². The highest BCUT2D eigenvalue weighted by Gasteiger charge is 2.25. The average Bonchev–Trinajstić information content (AvgIpc) is 2.75. The van der Waals surface area contributed by atoms with Crippen LogP contribution in [0.5, 0.6) is 5.75 Å². The third-order valence-electron chi connectivity index (χ3n) is 3.35. The largest absolute Gasteiger partial charge is 0.507 e. The predicted octanol–water partition coefficient (Wildman–Crippen LogP) is 2.12. The Hall–Kier alpha value is -1.81. The first-order valence-corrected chi connectivity index (χ1v) is 5.88. The van der Waals surface area contributed by atoms with Crippen LogP contribution in [0, 0.1) is 0 Å². The Kier molecular flexibility index (Phi) is 2.37. The number of aromatic hydroxyl groups is 1. The normalized spacial score (nSPS) is 19.0. The van der Waals surface area contributed by atoms with Gasteiger partial charge in [-0.3, -0.25) is 5.10 Å². The first-order chi connectivity index (χ1) is 8.27. The summed E-state index contributed by atoms with van der Waals surface area (Å²) in [6.07, 6.45) is 3.06. The highest BCUT2D eigenvalue weighted by atomic mass is 16.3. The summed E-state index contributed by atoms with van der Waals surface area (Å²) in [7, 11) is 0. The number of H-pyrrole nitrogens is 1. The Morgan fingerprint density at radius 1 is 1.35 bits per heavy atom. The fourth-order valence-electron chi connectivity index (χ4n) is 2.50. The van der Waals surface area contributed by atoms with Crippen molar-refractivity contribution in [2.75, 3.05) is 0 Å². The Morgan fingerprint density at radius 3 is 3.00 bits per heavy atom. The summed E-state index contributed by atoms with van der Waals surface area (Å²) in [4.78, 5) is 0. The van der Waals surface area contributed by atoms with Crippen molar-refractivity contribution < 1.29 is 5.11 Å². The van der Waals surface area contributed by atoms with Crippen LogP contribution in [0.4, 0.5) is 0 Å². The first kappa shape index (κ1) is 10.4. The number of para-hydroxylation sites is 1. The van der Waals surface area contributed by atoms with Crippen LogP contribution in [-0.4, -0.2) is 15.3 Å². The molecule has 17 heavy (non-hydrogen) atoms. The van der Waals surface area contributed by atoms with Gasteiger partial charge in [-0.25, -0.2) is 0 Å². The molecule has 4 nitrogen and oxygen atoms in total. The third-order valence-corrected chi connectivity index (χ3v) is 3.35. The fraction of sp³-hybridized carbons (Fsp3) is 0.308. The Labute approximate surface area is 99.5 Å². The summed E-state index contributed by atoms with van der Waals surface area (Å²) in [6, 6.07) is 7.26. The van der Waals surface area contributed by atoms with E-state index in [1.807, 2.05) is 12.1 Å². The number of aromatic amines is 1. The van der Waals surface area contributed by atoms with Crippen LogP contribution in [0.1, 0.15) is 30.1 Å². The number of nitrogens with one attached hydrogen (secondary N) is 1. The molecule has 88 valence electrons. The molecular weight excluding hydrogens is 214 g/mol. The minimum absolute atomic E-state index is 0.0205. The highest BCUT2D eigenvalue weighted by molar-refractivity contribution is 5.70. The van der Waals surface area contributed by atoms with Gasteiger partial charge in [0.1, 0.15) is 11.4 Å². The van der Waals surface area contributed by atoms with Gasteiger partial charge in [0, 0.05) is 22.9 Å². The first-order valence-electron chi connectivity index (χ1n) is 5.88. The molecule has 0 fully saturated rings. The van der Waals surface area contributed by atoms with Crippen molar-refractivity contribution in [3.8, 4) is 17.0 Å². The number of hydrogen-bond acceptors (Lipinski definition) is 3. The van der Waals surface area contributed by atoms with Gasteiger partial charge in [0.05, 0.1) is 0 Å². The van der Waals surface area contributed by atoms with E-state index in [9.17, 15) is 5.11 Å². The van der Waals surface area contributed by atoms with Gasteiger partial charge in [0.25, 0.3) is 0 Å². The number of nitrogens with two attached hydrogens (primary N) is 1. The molecule has 0 bridgehead atoms. The standard InChI is InChI=1S/C13H15N3O/c14-9-5-3-6-10-12(9)13(16-15-10)8-4-1-2-7-11(8)17/h1-2,4,7,9,17H,3,5-6,14H2,(H,15,16). The van der Waals surface area contributed by atoms with E-state index in [2.05, 4.69) is 10.2 Å². The quantitative estimate of drug-likeness (QED) is 0.701. The molecule has 1 heterocycles. The molecule has 0 radical (unpaired) electrons. The number of fused-ring (bicyclic) bond motifs is 1. The monoisotopic (exact) mass is 229 g/mol. The lowest BCUT2D eigenvalue weighted by molar-refractivity contribution is 0.477. The lowest BCUT2D eigenvalue weighted by atomic mass is 9.90. The van der Waals surface area contributed by atoms with Crippen molar-refractivity contribution in [3.63, 3.8) is 0 Å². The number of hydrogen-bond donors (Lipinski definition) is 3. The topological polar surface area (TPSA) is 74.9 Å². The van der Waals surface area contributed by atoms with Gasteiger partial charge >= 0.3 is 0 Å². The average molecular weight is 229 g/mol. The molecule has 2 aromatic rings. The molecule has 3 rings (SSSR count). The molecule has 1 aliphatic carbocycles. The van der Waals surface area contributed by atoms with Gasteiger partial charge in [-0.15, -0.1) is 0 Å². The van der Waals surface area contributed by atoms with Crippen LogP contribution < -0.4 is 5.73 Å². The third kappa shape index (κ3) is 1.61. The molecule has 0 aliphatic heterocycles. The second kappa shape index (κ2) is 3.89. The van der Waals surface area contributed by atoms with E-state index in [1.165, 1.54) is 0 Å². The smallest absolute Gasteiger partial charge is 0.125 e. The maximum atomic E-state index is 9.88. The Balaban J connectivity index is 2.17. The Bertz CT molecular complexity index is 547. The minimum Gasteiger partial charge on any atom is -0.507 e. The summed E-state index contributed by atoms with van der Waals surface area (Å²) in [5, 5.41) is 17.2. The number of phenolic OH excluding ortho intramolecular Hbond substituents is 1. The van der Waals surface area contributed by atoms with E-state index in [0.717, 1.165) is 41.8 Å². The molecule has 1 aliphatic rings. The second-order valence-corrected chi connectivity index (χ2v) is 4.48. The van der Waals surface area contributed by atoms with Crippen molar-refractivity contribution in [1.82, 2.24) is 10.2 Å². The molecule has 1 aromatic heterocycles. The van der Waals surface area contributed by atoms with Gasteiger partial charge in [0.15, 0.2) is 0 Å². The SMILES string of the molecule is NC1CCCc2[nH]nc(-c3ccccc3O)c21. The van der Waals surface area contributed by atoms with Gasteiger partial charge < -0.3 is 10.8 Å². The van der Waals surface area contributed by atoms with E-state index in [1.54, 1.807) is 12.1 Å². The van der Waals surface area contributed by atoms with E-state index >= 15 is 0 Å². The van der Waals surface area contributed by atoms with Crippen molar-refractivity contribution >= 4 is 0 Å². The van der Waals surface area contributed by atoms with E-state index in [-0.39, 0.29) is 11.8 Å². The molecule has 0 spiro atoms. The number of nitrogens with zero attached hydrogens (tertiary/aromatic N) is 1. The van der Waals surface area contributed by atoms with E-state index < -0.39 is 0 Å². The van der Waals surface area contributed by atoms with Crippen molar-refractivity contribution in [1.29, 1.82) is 0 Å². The highest BCUT2D eigenvalue weighted by Crippen LogP contribution is 2.37. The van der Waals surface area contributed by atoms with E-state index in [0.29, 0.717) is 0 Å². The summed E-state index contributed by atoms with van der Waals surface area (Å²) < 4.78 is 0. The molecule has 0 saturated heterocycles. The Morgan fingerprint density at radius 2 is 2.18 bits per heavy atom.